The van der Waals surface area contributed by atoms with Crippen LogP contribution in [0.1, 0.15) is 60.4 Å². The number of carbonyl (C=O) groups is 1. The second-order valence-corrected chi connectivity index (χ2v) is 8.34. The van der Waals surface area contributed by atoms with Crippen molar-refractivity contribution in [1.29, 1.82) is 0 Å². The number of likely N-dealkylation sites (tertiary alicyclic amines) is 1. The Bertz CT molecular complexity index is 1130. The number of pyridine rings is 1. The molecular weight excluding hydrogens is 423 g/mol. The predicted octanol–water partition coefficient (Wildman–Crippen LogP) is 4.41. The fourth-order valence-electron chi connectivity index (χ4n) is 4.40. The molecule has 4 rings (SSSR count). The Hall–Kier alpha value is -2.91. The summed E-state index contributed by atoms with van der Waals surface area (Å²) >= 11 is 0. The first-order valence-corrected chi connectivity index (χ1v) is 10.8. The van der Waals surface area contributed by atoms with Crippen molar-refractivity contribution >= 4 is 17.0 Å². The van der Waals surface area contributed by atoms with Gasteiger partial charge in [0.15, 0.2) is 0 Å². The lowest BCUT2D eigenvalue weighted by Gasteiger charge is -2.32. The summed E-state index contributed by atoms with van der Waals surface area (Å²) < 4.78 is 48.4. The van der Waals surface area contributed by atoms with Gasteiger partial charge in [0.1, 0.15) is 0 Å². The molecule has 0 saturated carbocycles. The number of aromatic nitrogens is 4. The van der Waals surface area contributed by atoms with Crippen LogP contribution in [0.15, 0.2) is 16.7 Å². The van der Waals surface area contributed by atoms with Crippen LogP contribution >= 0.6 is 0 Å². The summed E-state index contributed by atoms with van der Waals surface area (Å²) in [6, 6.07) is 3.02. The molecule has 1 atom stereocenters. The highest BCUT2D eigenvalue weighted by molar-refractivity contribution is 5.82. The summed E-state index contributed by atoms with van der Waals surface area (Å²) in [6.07, 6.45) is -2.59. The number of carbonyl (C=O) groups excluding carboxylic acids is 1. The number of halogens is 3. The van der Waals surface area contributed by atoms with E-state index in [0.717, 1.165) is 17.5 Å². The summed E-state index contributed by atoms with van der Waals surface area (Å²) in [6.45, 7) is 6.93. The predicted molar refractivity (Wildman–Crippen MR) is 111 cm³/mol. The average molecular weight is 449 g/mol. The lowest BCUT2D eigenvalue weighted by molar-refractivity contribution is -0.136. The number of aryl methyl sites for hydroxylation is 4. The molecule has 0 N–H and O–H groups in total. The molecule has 4 heterocycles. The van der Waals surface area contributed by atoms with Crippen LogP contribution in [0, 0.1) is 13.8 Å². The van der Waals surface area contributed by atoms with Crippen LogP contribution in [0.3, 0.4) is 0 Å². The third-order valence-electron chi connectivity index (χ3n) is 6.00. The number of rotatable bonds is 5. The molecular formula is C22H26F3N5O2. The molecule has 10 heteroatoms. The molecule has 3 aromatic rings. The number of hydrogen-bond acceptors (Lipinski definition) is 5. The molecule has 0 radical (unpaired) electrons. The van der Waals surface area contributed by atoms with Crippen LogP contribution in [0.2, 0.25) is 0 Å². The lowest BCUT2D eigenvalue weighted by atomic mass is 9.91. The van der Waals surface area contributed by atoms with Gasteiger partial charge in [-0.3, -0.25) is 9.48 Å². The van der Waals surface area contributed by atoms with E-state index in [0.29, 0.717) is 44.6 Å². The van der Waals surface area contributed by atoms with Gasteiger partial charge in [-0.25, -0.2) is 4.98 Å². The maximum absolute atomic E-state index is 13.8. The van der Waals surface area contributed by atoms with Crippen molar-refractivity contribution in [3.63, 3.8) is 0 Å². The number of piperidine rings is 1. The molecule has 1 aliphatic heterocycles. The summed E-state index contributed by atoms with van der Waals surface area (Å²) in [4.78, 5) is 18.7. The highest BCUT2D eigenvalue weighted by Gasteiger charge is 2.38. The standard InChI is InChI=1S/C22H26F3N5O2/c1-4-16-11-17(22(23,24)25)19-20(28-32-21(19)26-16)15-6-5-8-29(12-15)18(31)7-9-30-14(3)10-13(2)27-30/h10-11,15H,4-9,12H2,1-3H3/t15-/m1/s1. The van der Waals surface area contributed by atoms with E-state index in [1.807, 2.05) is 19.9 Å². The zero-order valence-corrected chi connectivity index (χ0v) is 18.4. The van der Waals surface area contributed by atoms with Gasteiger partial charge in [0, 0.05) is 43.4 Å². The molecule has 0 aromatic carbocycles. The van der Waals surface area contributed by atoms with Crippen LogP contribution < -0.4 is 0 Å². The van der Waals surface area contributed by atoms with Crippen LogP contribution in [-0.4, -0.2) is 43.8 Å². The van der Waals surface area contributed by atoms with Crippen LogP contribution in [-0.2, 0) is 23.9 Å². The zero-order chi connectivity index (χ0) is 23.0. The van der Waals surface area contributed by atoms with Crippen LogP contribution in [0.5, 0.6) is 0 Å². The van der Waals surface area contributed by atoms with E-state index in [-0.39, 0.29) is 35.0 Å². The monoisotopic (exact) mass is 449 g/mol. The van der Waals surface area contributed by atoms with Crippen molar-refractivity contribution in [2.24, 2.45) is 0 Å². The lowest BCUT2D eigenvalue weighted by Crippen LogP contribution is -2.39. The highest BCUT2D eigenvalue weighted by atomic mass is 19.4. The minimum Gasteiger partial charge on any atom is -0.342 e. The van der Waals surface area contributed by atoms with Gasteiger partial charge in [-0.05, 0) is 45.2 Å². The molecule has 0 bridgehead atoms. The van der Waals surface area contributed by atoms with E-state index >= 15 is 0 Å². The molecule has 7 nitrogen and oxygen atoms in total. The minimum absolute atomic E-state index is 0.0440. The Labute approximate surface area is 183 Å². The second kappa shape index (κ2) is 8.55. The van der Waals surface area contributed by atoms with Gasteiger partial charge in [0.05, 0.1) is 22.3 Å². The number of amides is 1. The average Bonchev–Trinajstić information content (AvgIpc) is 3.32. The maximum Gasteiger partial charge on any atom is 0.417 e. The Balaban J connectivity index is 1.55. The van der Waals surface area contributed by atoms with Crippen molar-refractivity contribution in [1.82, 2.24) is 24.8 Å². The second-order valence-electron chi connectivity index (χ2n) is 8.34. The van der Waals surface area contributed by atoms with Crippen LogP contribution in [0.4, 0.5) is 13.2 Å². The molecule has 1 aliphatic rings. The summed E-state index contributed by atoms with van der Waals surface area (Å²) in [5.41, 5.74) is 1.55. The van der Waals surface area contributed by atoms with Crippen molar-refractivity contribution in [3.8, 4) is 0 Å². The third kappa shape index (κ3) is 4.35. The topological polar surface area (TPSA) is 77.0 Å². The Kier molecular flexibility index (Phi) is 5.96. The Morgan fingerprint density at radius 3 is 2.72 bits per heavy atom. The fourth-order valence-corrected chi connectivity index (χ4v) is 4.40. The quantitative estimate of drug-likeness (QED) is 0.577. The van der Waals surface area contributed by atoms with Gasteiger partial charge < -0.3 is 9.42 Å². The van der Waals surface area contributed by atoms with E-state index in [4.69, 9.17) is 4.52 Å². The number of hydrogen-bond donors (Lipinski definition) is 0. The van der Waals surface area contributed by atoms with Crippen molar-refractivity contribution in [3.05, 3.63) is 40.5 Å². The first-order valence-electron chi connectivity index (χ1n) is 10.8. The van der Waals surface area contributed by atoms with Crippen molar-refractivity contribution in [2.75, 3.05) is 13.1 Å². The van der Waals surface area contributed by atoms with Gasteiger partial charge in [0.2, 0.25) is 5.91 Å². The van der Waals surface area contributed by atoms with Crippen LogP contribution in [0.25, 0.3) is 11.1 Å². The van der Waals surface area contributed by atoms with E-state index in [2.05, 4.69) is 15.2 Å². The first-order chi connectivity index (χ1) is 15.2. The molecule has 172 valence electrons. The number of fused-ring (bicyclic) bond motifs is 1. The number of nitrogens with zero attached hydrogens (tertiary/aromatic N) is 5. The van der Waals surface area contributed by atoms with Crippen molar-refractivity contribution in [2.45, 2.75) is 65.1 Å². The first kappa shape index (κ1) is 22.3. The summed E-state index contributed by atoms with van der Waals surface area (Å²) in [5.74, 6) is -0.379. The van der Waals surface area contributed by atoms with Gasteiger partial charge >= 0.3 is 6.18 Å². The van der Waals surface area contributed by atoms with Gasteiger partial charge in [-0.15, -0.1) is 0 Å². The normalized spacial score (nSPS) is 17.3. The van der Waals surface area contributed by atoms with E-state index in [1.165, 1.54) is 0 Å². The molecule has 1 fully saturated rings. The van der Waals surface area contributed by atoms with Gasteiger partial charge in [0.25, 0.3) is 5.71 Å². The van der Waals surface area contributed by atoms with Crippen molar-refractivity contribution < 1.29 is 22.5 Å². The molecule has 0 aliphatic carbocycles. The molecule has 3 aromatic heterocycles. The molecule has 1 amide bonds. The summed E-state index contributed by atoms with van der Waals surface area (Å²) in [5, 5.41) is 8.27. The summed E-state index contributed by atoms with van der Waals surface area (Å²) in [7, 11) is 0. The Morgan fingerprint density at radius 2 is 2.06 bits per heavy atom. The minimum atomic E-state index is -4.55. The smallest absolute Gasteiger partial charge is 0.342 e. The highest BCUT2D eigenvalue weighted by Crippen LogP contribution is 2.40. The molecule has 0 unspecified atom stereocenters. The molecule has 32 heavy (non-hydrogen) atoms. The third-order valence-corrected chi connectivity index (χ3v) is 6.00. The van der Waals surface area contributed by atoms with Gasteiger partial charge in [-0.2, -0.15) is 18.3 Å². The fraction of sp³-hybridized carbons (Fsp3) is 0.545. The molecule has 1 saturated heterocycles. The Morgan fingerprint density at radius 1 is 1.28 bits per heavy atom. The van der Waals surface area contributed by atoms with E-state index in [9.17, 15) is 18.0 Å². The zero-order valence-electron chi connectivity index (χ0n) is 18.4. The van der Waals surface area contributed by atoms with Gasteiger partial charge in [-0.1, -0.05) is 12.1 Å². The largest absolute Gasteiger partial charge is 0.417 e. The van der Waals surface area contributed by atoms with E-state index in [1.54, 1.807) is 16.5 Å². The maximum atomic E-state index is 13.8. The van der Waals surface area contributed by atoms with E-state index < -0.39 is 11.7 Å². The SMILES string of the molecule is CCc1cc(C(F)(F)F)c2c([C@@H]3CCCN(C(=O)CCn4nc(C)cc4C)C3)noc2n1. The number of alkyl halides is 3. The molecule has 0 spiro atoms.